The van der Waals surface area contributed by atoms with Crippen LogP contribution in [0.5, 0.6) is 0 Å². The van der Waals surface area contributed by atoms with Crippen LogP contribution < -0.4 is 0 Å². The van der Waals surface area contributed by atoms with Gasteiger partial charge in [-0.2, -0.15) is 0 Å². The van der Waals surface area contributed by atoms with E-state index in [0.717, 1.165) is 31.5 Å². The summed E-state index contributed by atoms with van der Waals surface area (Å²) in [5.74, 6) is 0.224. The minimum absolute atomic E-state index is 0.224. The van der Waals surface area contributed by atoms with Crippen LogP contribution in [0.3, 0.4) is 0 Å². The summed E-state index contributed by atoms with van der Waals surface area (Å²) in [5, 5.41) is 0. The molecule has 114 valence electrons. The monoisotopic (exact) mass is 286 g/mol. The average molecular weight is 286 g/mol. The van der Waals surface area contributed by atoms with Gasteiger partial charge in [-0.25, -0.2) is 0 Å². The van der Waals surface area contributed by atoms with Crippen molar-refractivity contribution < 1.29 is 4.79 Å². The van der Waals surface area contributed by atoms with E-state index in [1.807, 2.05) is 30.3 Å². The van der Waals surface area contributed by atoms with Crippen molar-refractivity contribution in [1.82, 2.24) is 9.80 Å². The molecular formula is C18H26N2O. The Morgan fingerprint density at radius 2 is 1.71 bits per heavy atom. The molecule has 1 aromatic rings. The summed E-state index contributed by atoms with van der Waals surface area (Å²) in [6.45, 7) is 4.58. The molecule has 3 heteroatoms. The highest BCUT2D eigenvalue weighted by Gasteiger charge is 2.27. The molecule has 1 unspecified atom stereocenters. The number of piperidine rings is 1. The summed E-state index contributed by atoms with van der Waals surface area (Å²) in [7, 11) is 0. The molecule has 3 rings (SSSR count). The van der Waals surface area contributed by atoms with Crippen molar-refractivity contribution in [3.63, 3.8) is 0 Å². The molecule has 0 aromatic heterocycles. The minimum Gasteiger partial charge on any atom is -0.336 e. The Balaban J connectivity index is 1.62. The third kappa shape index (κ3) is 3.65. The van der Waals surface area contributed by atoms with Crippen molar-refractivity contribution >= 4 is 5.91 Å². The highest BCUT2D eigenvalue weighted by atomic mass is 16.2. The predicted octanol–water partition coefficient (Wildman–Crippen LogP) is 3.17. The second-order valence-corrected chi connectivity index (χ2v) is 6.35. The molecule has 0 bridgehead atoms. The van der Waals surface area contributed by atoms with E-state index >= 15 is 0 Å². The van der Waals surface area contributed by atoms with Crippen molar-refractivity contribution in [1.29, 1.82) is 0 Å². The maximum Gasteiger partial charge on any atom is 0.254 e. The Hall–Kier alpha value is -1.35. The first-order chi connectivity index (χ1) is 10.3. The molecular weight excluding hydrogens is 260 g/mol. The van der Waals surface area contributed by atoms with Crippen LogP contribution >= 0.6 is 0 Å². The SMILES string of the molecule is O=C(c1ccccc1)N1CCCCC1CCN1CCCC1. The summed E-state index contributed by atoms with van der Waals surface area (Å²) in [5.41, 5.74) is 0.838. The van der Waals surface area contributed by atoms with Gasteiger partial charge in [-0.3, -0.25) is 4.79 Å². The number of nitrogens with zero attached hydrogens (tertiary/aromatic N) is 2. The van der Waals surface area contributed by atoms with E-state index in [1.54, 1.807) is 0 Å². The molecule has 2 saturated heterocycles. The number of hydrogen-bond acceptors (Lipinski definition) is 2. The quantitative estimate of drug-likeness (QED) is 0.849. The second kappa shape index (κ2) is 7.08. The van der Waals surface area contributed by atoms with E-state index in [1.165, 1.54) is 38.8 Å². The van der Waals surface area contributed by atoms with E-state index in [9.17, 15) is 4.79 Å². The van der Waals surface area contributed by atoms with Gasteiger partial charge >= 0.3 is 0 Å². The zero-order valence-electron chi connectivity index (χ0n) is 12.8. The molecule has 0 saturated carbocycles. The zero-order valence-corrected chi connectivity index (χ0v) is 12.8. The summed E-state index contributed by atoms with van der Waals surface area (Å²) >= 11 is 0. The predicted molar refractivity (Wildman–Crippen MR) is 85.4 cm³/mol. The molecule has 0 spiro atoms. The van der Waals surface area contributed by atoms with Gasteiger partial charge in [-0.15, -0.1) is 0 Å². The van der Waals surface area contributed by atoms with Gasteiger partial charge in [0, 0.05) is 24.7 Å². The van der Waals surface area contributed by atoms with E-state index in [0.29, 0.717) is 6.04 Å². The van der Waals surface area contributed by atoms with Crippen LogP contribution in [0.15, 0.2) is 30.3 Å². The Bertz CT molecular complexity index is 454. The number of carbonyl (C=O) groups is 1. The lowest BCUT2D eigenvalue weighted by Gasteiger charge is -2.36. The molecule has 1 amide bonds. The molecule has 2 aliphatic rings. The van der Waals surface area contributed by atoms with Gasteiger partial charge in [0.25, 0.3) is 5.91 Å². The van der Waals surface area contributed by atoms with Crippen LogP contribution in [0.2, 0.25) is 0 Å². The Morgan fingerprint density at radius 3 is 2.48 bits per heavy atom. The highest BCUT2D eigenvalue weighted by Crippen LogP contribution is 2.23. The lowest BCUT2D eigenvalue weighted by Crippen LogP contribution is -2.45. The molecule has 1 aromatic carbocycles. The zero-order chi connectivity index (χ0) is 14.5. The van der Waals surface area contributed by atoms with E-state index in [2.05, 4.69) is 9.80 Å². The van der Waals surface area contributed by atoms with Crippen LogP contribution in [-0.2, 0) is 0 Å². The fourth-order valence-electron chi connectivity index (χ4n) is 3.65. The molecule has 21 heavy (non-hydrogen) atoms. The van der Waals surface area contributed by atoms with Crippen molar-refractivity contribution in [2.45, 2.75) is 44.6 Å². The highest BCUT2D eigenvalue weighted by molar-refractivity contribution is 5.94. The third-order valence-electron chi connectivity index (χ3n) is 4.89. The molecule has 3 nitrogen and oxygen atoms in total. The van der Waals surface area contributed by atoms with Crippen LogP contribution in [0.4, 0.5) is 0 Å². The van der Waals surface area contributed by atoms with Crippen LogP contribution in [0.25, 0.3) is 0 Å². The first-order valence-electron chi connectivity index (χ1n) is 8.43. The molecule has 0 aliphatic carbocycles. The maximum atomic E-state index is 12.7. The summed E-state index contributed by atoms with van der Waals surface area (Å²) in [6.07, 6.45) is 7.42. The van der Waals surface area contributed by atoms with Gasteiger partial charge in [0.1, 0.15) is 0 Å². The number of amides is 1. The number of rotatable bonds is 4. The Kier molecular flexibility index (Phi) is 4.91. The van der Waals surface area contributed by atoms with E-state index < -0.39 is 0 Å². The fraction of sp³-hybridized carbons (Fsp3) is 0.611. The fourth-order valence-corrected chi connectivity index (χ4v) is 3.65. The van der Waals surface area contributed by atoms with Crippen molar-refractivity contribution in [2.75, 3.05) is 26.2 Å². The summed E-state index contributed by atoms with van der Waals surface area (Å²) in [4.78, 5) is 17.4. The Morgan fingerprint density at radius 1 is 1.00 bits per heavy atom. The van der Waals surface area contributed by atoms with Gasteiger partial charge in [0.2, 0.25) is 0 Å². The maximum absolute atomic E-state index is 12.7. The molecule has 2 heterocycles. The van der Waals surface area contributed by atoms with E-state index in [4.69, 9.17) is 0 Å². The average Bonchev–Trinajstić information content (AvgIpc) is 3.07. The molecule has 1 atom stereocenters. The van der Waals surface area contributed by atoms with Gasteiger partial charge in [0.05, 0.1) is 0 Å². The first-order valence-corrected chi connectivity index (χ1v) is 8.43. The van der Waals surface area contributed by atoms with Gasteiger partial charge in [0.15, 0.2) is 0 Å². The molecule has 2 fully saturated rings. The van der Waals surface area contributed by atoms with Crippen LogP contribution in [0.1, 0.15) is 48.9 Å². The first kappa shape index (κ1) is 14.6. The number of hydrogen-bond donors (Lipinski definition) is 0. The second-order valence-electron chi connectivity index (χ2n) is 6.35. The molecule has 0 radical (unpaired) electrons. The van der Waals surface area contributed by atoms with Gasteiger partial charge < -0.3 is 9.80 Å². The van der Waals surface area contributed by atoms with Gasteiger partial charge in [-0.1, -0.05) is 18.2 Å². The Labute approximate surface area is 127 Å². The molecule has 2 aliphatic heterocycles. The van der Waals surface area contributed by atoms with Crippen LogP contribution in [-0.4, -0.2) is 47.9 Å². The molecule has 0 N–H and O–H groups in total. The largest absolute Gasteiger partial charge is 0.336 e. The van der Waals surface area contributed by atoms with Crippen LogP contribution in [0, 0.1) is 0 Å². The topological polar surface area (TPSA) is 23.6 Å². The van der Waals surface area contributed by atoms with E-state index in [-0.39, 0.29) is 5.91 Å². The number of likely N-dealkylation sites (tertiary alicyclic amines) is 2. The lowest BCUT2D eigenvalue weighted by atomic mass is 9.98. The van der Waals surface area contributed by atoms with Crippen molar-refractivity contribution in [2.24, 2.45) is 0 Å². The smallest absolute Gasteiger partial charge is 0.254 e. The normalized spacial score (nSPS) is 23.4. The standard InChI is InChI=1S/C18H26N2O/c21-18(16-8-2-1-3-9-16)20-14-5-4-10-17(20)11-15-19-12-6-7-13-19/h1-3,8-9,17H,4-7,10-15H2. The van der Waals surface area contributed by atoms with Crippen molar-refractivity contribution in [3.05, 3.63) is 35.9 Å². The lowest BCUT2D eigenvalue weighted by molar-refractivity contribution is 0.0588. The minimum atomic E-state index is 0.224. The van der Waals surface area contributed by atoms with Crippen molar-refractivity contribution in [3.8, 4) is 0 Å². The number of benzene rings is 1. The van der Waals surface area contributed by atoms with Gasteiger partial charge in [-0.05, 0) is 63.7 Å². The summed E-state index contributed by atoms with van der Waals surface area (Å²) in [6, 6.07) is 10.2. The number of carbonyl (C=O) groups excluding carboxylic acids is 1. The summed E-state index contributed by atoms with van der Waals surface area (Å²) < 4.78 is 0. The third-order valence-corrected chi connectivity index (χ3v) is 4.89.